The van der Waals surface area contributed by atoms with Crippen LogP contribution in [0.4, 0.5) is 4.79 Å². The number of carbonyl (C=O) groups excluding carboxylic acids is 1. The lowest BCUT2D eigenvalue weighted by Crippen LogP contribution is -2.40. The number of nitrogens with one attached hydrogen (secondary N) is 2. The highest BCUT2D eigenvalue weighted by Gasteiger charge is 2.00. The molecule has 1 atom stereocenters. The van der Waals surface area contributed by atoms with Crippen LogP contribution in [0.3, 0.4) is 0 Å². The Morgan fingerprint density at radius 2 is 2.55 bits per heavy atom. The van der Waals surface area contributed by atoms with Crippen LogP contribution in [0.15, 0.2) is 12.7 Å². The third kappa shape index (κ3) is 5.04. The molecule has 0 aromatic heterocycles. The van der Waals surface area contributed by atoms with Gasteiger partial charge in [0.25, 0.3) is 0 Å². The summed E-state index contributed by atoms with van der Waals surface area (Å²) in [5.41, 5.74) is 0. The molecule has 2 amide bonds. The second kappa shape index (κ2) is 5.36. The van der Waals surface area contributed by atoms with E-state index in [1.54, 1.807) is 13.0 Å². The largest absolute Gasteiger partial charge is 0.335 e. The van der Waals surface area contributed by atoms with E-state index in [4.69, 9.17) is 6.42 Å². The molecule has 3 heteroatoms. The molecule has 1 unspecified atom stereocenters. The number of hydrogen-bond acceptors (Lipinski definition) is 1. The van der Waals surface area contributed by atoms with Gasteiger partial charge in [-0.05, 0) is 6.92 Å². The van der Waals surface area contributed by atoms with Crippen LogP contribution < -0.4 is 10.6 Å². The molecule has 0 saturated heterocycles. The molecule has 3 nitrogen and oxygen atoms in total. The summed E-state index contributed by atoms with van der Waals surface area (Å²) in [6.45, 7) is 5.63. The number of amides is 2. The first-order chi connectivity index (χ1) is 5.20. The van der Waals surface area contributed by atoms with E-state index < -0.39 is 0 Å². The van der Waals surface area contributed by atoms with Gasteiger partial charge in [-0.25, -0.2) is 4.79 Å². The number of rotatable bonds is 3. The molecule has 0 aliphatic heterocycles. The molecule has 0 bridgehead atoms. The van der Waals surface area contributed by atoms with E-state index >= 15 is 0 Å². The Kier molecular flexibility index (Phi) is 4.67. The van der Waals surface area contributed by atoms with Crippen molar-refractivity contribution in [2.45, 2.75) is 13.0 Å². The lowest BCUT2D eigenvalue weighted by molar-refractivity contribution is 0.241. The number of urea groups is 1. The monoisotopic (exact) mass is 152 g/mol. The van der Waals surface area contributed by atoms with Crippen molar-refractivity contribution in [3.05, 3.63) is 12.7 Å². The fourth-order valence-corrected chi connectivity index (χ4v) is 0.454. The Balaban J connectivity index is 3.53. The molecule has 0 fully saturated rings. The van der Waals surface area contributed by atoms with Crippen LogP contribution in [0.1, 0.15) is 6.92 Å². The maximum Gasteiger partial charge on any atom is 0.316 e. The molecule has 11 heavy (non-hydrogen) atoms. The average molecular weight is 152 g/mol. The minimum absolute atomic E-state index is 0.236. The quantitative estimate of drug-likeness (QED) is 0.448. The molecule has 0 aliphatic rings. The van der Waals surface area contributed by atoms with Gasteiger partial charge in [-0.3, -0.25) is 0 Å². The predicted octanol–water partition coefficient (Wildman–Crippen LogP) is 0.493. The van der Waals surface area contributed by atoms with Gasteiger partial charge in [0.15, 0.2) is 0 Å². The van der Waals surface area contributed by atoms with Crippen molar-refractivity contribution in [3.8, 4) is 12.3 Å². The van der Waals surface area contributed by atoms with E-state index in [-0.39, 0.29) is 12.1 Å². The molecule has 0 aliphatic carbocycles. The van der Waals surface area contributed by atoms with Gasteiger partial charge in [-0.1, -0.05) is 12.0 Å². The minimum Gasteiger partial charge on any atom is -0.335 e. The summed E-state index contributed by atoms with van der Waals surface area (Å²) in [7, 11) is 0. The fraction of sp³-hybridized carbons (Fsp3) is 0.375. The van der Waals surface area contributed by atoms with Gasteiger partial charge in [0.05, 0.1) is 6.04 Å². The SMILES string of the molecule is C#CC(C)NC(=O)NCC=C. The zero-order chi connectivity index (χ0) is 8.69. The van der Waals surface area contributed by atoms with E-state index in [0.29, 0.717) is 6.54 Å². The first kappa shape index (κ1) is 9.57. The second-order valence-electron chi connectivity index (χ2n) is 2.03. The maximum atomic E-state index is 10.8. The molecular formula is C8H12N2O. The topological polar surface area (TPSA) is 41.1 Å². The molecular weight excluding hydrogens is 140 g/mol. The molecule has 0 spiro atoms. The first-order valence-electron chi connectivity index (χ1n) is 3.32. The van der Waals surface area contributed by atoms with Crippen LogP contribution in [0.2, 0.25) is 0 Å². The summed E-state index contributed by atoms with van der Waals surface area (Å²) >= 11 is 0. The lowest BCUT2D eigenvalue weighted by Gasteiger charge is -2.07. The molecule has 0 aromatic rings. The van der Waals surface area contributed by atoms with Crippen LogP contribution in [-0.2, 0) is 0 Å². The molecule has 0 radical (unpaired) electrons. The minimum atomic E-state index is -0.268. The van der Waals surface area contributed by atoms with E-state index in [2.05, 4.69) is 23.1 Å². The Bertz CT molecular complexity index is 181. The third-order valence-electron chi connectivity index (χ3n) is 1.00. The predicted molar refractivity (Wildman–Crippen MR) is 45.0 cm³/mol. The van der Waals surface area contributed by atoms with Crippen LogP contribution in [0.5, 0.6) is 0 Å². The number of carbonyl (C=O) groups is 1. The van der Waals surface area contributed by atoms with Crippen molar-refractivity contribution in [3.63, 3.8) is 0 Å². The summed E-state index contributed by atoms with van der Waals surface area (Å²) in [6.07, 6.45) is 6.63. The highest BCUT2D eigenvalue weighted by molar-refractivity contribution is 5.74. The Hall–Kier alpha value is -1.43. The molecule has 0 saturated carbocycles. The third-order valence-corrected chi connectivity index (χ3v) is 1.00. The van der Waals surface area contributed by atoms with E-state index in [0.717, 1.165) is 0 Å². The Morgan fingerprint density at radius 3 is 3.00 bits per heavy atom. The van der Waals surface area contributed by atoms with Gasteiger partial charge in [0.2, 0.25) is 0 Å². The Labute approximate surface area is 66.9 Å². The van der Waals surface area contributed by atoms with E-state index in [1.165, 1.54) is 0 Å². The first-order valence-corrected chi connectivity index (χ1v) is 3.32. The highest BCUT2D eigenvalue weighted by atomic mass is 16.2. The van der Waals surface area contributed by atoms with Crippen molar-refractivity contribution >= 4 is 6.03 Å². The van der Waals surface area contributed by atoms with Crippen molar-refractivity contribution in [2.24, 2.45) is 0 Å². The fourth-order valence-electron chi connectivity index (χ4n) is 0.454. The van der Waals surface area contributed by atoms with Gasteiger partial charge in [-0.15, -0.1) is 13.0 Å². The summed E-state index contributed by atoms with van der Waals surface area (Å²) in [5, 5.41) is 5.06. The Morgan fingerprint density at radius 1 is 1.91 bits per heavy atom. The molecule has 2 N–H and O–H groups in total. The number of terminal acetylenes is 1. The lowest BCUT2D eigenvalue weighted by atomic mass is 10.4. The maximum absolute atomic E-state index is 10.8. The zero-order valence-corrected chi connectivity index (χ0v) is 6.55. The van der Waals surface area contributed by atoms with Crippen molar-refractivity contribution in [1.29, 1.82) is 0 Å². The summed E-state index contributed by atoms with van der Waals surface area (Å²) in [6, 6.07) is -0.504. The standard InChI is InChI=1S/C8H12N2O/c1-4-6-9-8(11)10-7(3)5-2/h2,4,7H,1,6H2,3H3,(H2,9,10,11). The van der Waals surface area contributed by atoms with Crippen LogP contribution in [-0.4, -0.2) is 18.6 Å². The van der Waals surface area contributed by atoms with Crippen molar-refractivity contribution in [1.82, 2.24) is 10.6 Å². The molecule has 0 rings (SSSR count). The molecule has 60 valence electrons. The van der Waals surface area contributed by atoms with Crippen LogP contribution >= 0.6 is 0 Å². The van der Waals surface area contributed by atoms with E-state index in [1.807, 2.05) is 0 Å². The van der Waals surface area contributed by atoms with Gasteiger partial charge >= 0.3 is 6.03 Å². The highest BCUT2D eigenvalue weighted by Crippen LogP contribution is 1.75. The molecule has 0 heterocycles. The van der Waals surface area contributed by atoms with E-state index in [9.17, 15) is 4.79 Å². The smallest absolute Gasteiger partial charge is 0.316 e. The van der Waals surface area contributed by atoms with Gasteiger partial charge in [-0.2, -0.15) is 0 Å². The summed E-state index contributed by atoms with van der Waals surface area (Å²) < 4.78 is 0. The number of hydrogen-bond donors (Lipinski definition) is 2. The zero-order valence-electron chi connectivity index (χ0n) is 6.55. The van der Waals surface area contributed by atoms with Gasteiger partial charge in [0, 0.05) is 6.54 Å². The van der Waals surface area contributed by atoms with Gasteiger partial charge in [0.1, 0.15) is 0 Å². The van der Waals surface area contributed by atoms with Crippen molar-refractivity contribution in [2.75, 3.05) is 6.54 Å². The molecule has 0 aromatic carbocycles. The summed E-state index contributed by atoms with van der Waals surface area (Å²) in [4.78, 5) is 10.8. The van der Waals surface area contributed by atoms with Crippen LogP contribution in [0, 0.1) is 12.3 Å². The second-order valence-corrected chi connectivity index (χ2v) is 2.03. The van der Waals surface area contributed by atoms with Crippen LogP contribution in [0.25, 0.3) is 0 Å². The average Bonchev–Trinajstić information content (AvgIpc) is 2.00. The normalized spacial score (nSPS) is 10.9. The van der Waals surface area contributed by atoms with Crippen molar-refractivity contribution < 1.29 is 4.79 Å². The summed E-state index contributed by atoms with van der Waals surface area (Å²) in [5.74, 6) is 2.37. The van der Waals surface area contributed by atoms with Gasteiger partial charge < -0.3 is 10.6 Å².